The van der Waals surface area contributed by atoms with E-state index in [9.17, 15) is 33.8 Å². The first-order chi connectivity index (χ1) is 15.4. The van der Waals surface area contributed by atoms with Crippen molar-refractivity contribution in [3.63, 3.8) is 0 Å². The molecule has 33 heavy (non-hydrogen) atoms. The fourth-order valence-corrected chi connectivity index (χ4v) is 4.64. The Hall–Kier alpha value is -2.56. The zero-order chi connectivity index (χ0) is 24.5. The van der Waals surface area contributed by atoms with Gasteiger partial charge in [0.2, 0.25) is 5.91 Å². The molecule has 1 aromatic heterocycles. The Balaban J connectivity index is 1.64. The van der Waals surface area contributed by atoms with Crippen LogP contribution in [0, 0.1) is 13.8 Å². The van der Waals surface area contributed by atoms with Gasteiger partial charge in [0, 0.05) is 24.7 Å². The molecule has 0 radical (unpaired) electrons. The van der Waals surface area contributed by atoms with E-state index in [0.29, 0.717) is 28.7 Å². The molecule has 1 amide bonds. The fourth-order valence-electron chi connectivity index (χ4n) is 3.92. The molecular weight excluding hydrogens is 453 g/mol. The highest BCUT2D eigenvalue weighted by atomic mass is 31.2. The van der Waals surface area contributed by atoms with Crippen molar-refractivity contribution in [1.82, 2.24) is 14.9 Å². The summed E-state index contributed by atoms with van der Waals surface area (Å²) in [6.07, 6.45) is -0.485. The van der Waals surface area contributed by atoms with Gasteiger partial charge in [0.15, 0.2) is 0 Å². The van der Waals surface area contributed by atoms with E-state index in [0.717, 1.165) is 0 Å². The maximum absolute atomic E-state index is 12.5. The molecule has 0 saturated carbocycles. The van der Waals surface area contributed by atoms with Crippen molar-refractivity contribution in [2.75, 3.05) is 6.54 Å². The first-order valence-electron chi connectivity index (χ1n) is 10.5. The largest absolute Gasteiger partial charge is 0.390 e. The Morgan fingerprint density at radius 1 is 1.27 bits per heavy atom. The molecule has 0 unspecified atom stereocenters. The van der Waals surface area contributed by atoms with Crippen LogP contribution in [0.2, 0.25) is 0 Å². The normalized spacial score (nSPS) is 20.7. The molecule has 0 spiro atoms. The summed E-state index contributed by atoms with van der Waals surface area (Å²) in [5, 5.41) is 13.0. The van der Waals surface area contributed by atoms with E-state index in [1.54, 1.807) is 20.8 Å². The van der Waals surface area contributed by atoms with Gasteiger partial charge >= 0.3 is 13.3 Å². The van der Waals surface area contributed by atoms with E-state index in [-0.39, 0.29) is 30.6 Å². The molecule has 2 heterocycles. The quantitative estimate of drug-likeness (QED) is 0.330. The highest BCUT2D eigenvalue weighted by molar-refractivity contribution is 7.60. The molecule has 3 atom stereocenters. The number of nitrogens with one attached hydrogen (secondary N) is 2. The van der Waals surface area contributed by atoms with Gasteiger partial charge in [-0.15, -0.1) is 0 Å². The van der Waals surface area contributed by atoms with E-state index >= 15 is 0 Å². The summed E-state index contributed by atoms with van der Waals surface area (Å²) in [5.74, 6) is -0.348. The Labute approximate surface area is 189 Å². The molecule has 1 aliphatic heterocycles. The van der Waals surface area contributed by atoms with Crippen LogP contribution < -0.4 is 21.9 Å². The van der Waals surface area contributed by atoms with Crippen molar-refractivity contribution >= 4 is 18.8 Å². The van der Waals surface area contributed by atoms with Gasteiger partial charge < -0.3 is 24.9 Å². The number of hydrogen-bond acceptors (Lipinski definition) is 6. The third-order valence-corrected chi connectivity index (χ3v) is 6.72. The molecule has 1 saturated heterocycles. The van der Waals surface area contributed by atoms with Crippen molar-refractivity contribution in [1.29, 1.82) is 0 Å². The van der Waals surface area contributed by atoms with E-state index < -0.39 is 37.3 Å². The highest BCUT2D eigenvalue weighted by Crippen LogP contribution is 2.34. The monoisotopic (exact) mass is 481 g/mol. The second-order valence-electron chi connectivity index (χ2n) is 8.19. The molecule has 11 nitrogen and oxygen atoms in total. The number of aliphatic hydroxyl groups excluding tert-OH is 1. The number of aliphatic hydroxyl groups is 1. The van der Waals surface area contributed by atoms with Gasteiger partial charge in [-0.1, -0.05) is 6.92 Å². The third kappa shape index (κ3) is 5.69. The lowest BCUT2D eigenvalue weighted by molar-refractivity contribution is -0.121. The Bertz CT molecular complexity index is 1190. The summed E-state index contributed by atoms with van der Waals surface area (Å²) >= 11 is 0. The number of ether oxygens (including phenoxy) is 1. The lowest BCUT2D eigenvalue weighted by Gasteiger charge is -2.18. The summed E-state index contributed by atoms with van der Waals surface area (Å²) in [6, 6.07) is 2.74. The lowest BCUT2D eigenvalue weighted by Crippen LogP contribution is -2.38. The number of aromatic amines is 1. The molecule has 180 valence electrons. The van der Waals surface area contributed by atoms with Gasteiger partial charge in [0.1, 0.15) is 12.3 Å². The van der Waals surface area contributed by atoms with Gasteiger partial charge in [-0.05, 0) is 49.1 Å². The van der Waals surface area contributed by atoms with Crippen molar-refractivity contribution in [2.45, 2.75) is 58.5 Å². The fraction of sp³-hybridized carbons (Fsp3) is 0.476. The number of aryl methyl sites for hydroxylation is 3. The number of H-pyrrole nitrogens is 1. The molecule has 3 rings (SSSR count). The average Bonchev–Trinajstić information content (AvgIpc) is 3.08. The Morgan fingerprint density at radius 2 is 1.91 bits per heavy atom. The van der Waals surface area contributed by atoms with E-state index in [2.05, 4.69) is 10.3 Å². The number of nitrogens with zero attached hydrogens (tertiary/aromatic N) is 1. The molecule has 1 aliphatic rings. The van der Waals surface area contributed by atoms with Crippen LogP contribution in [0.1, 0.15) is 41.8 Å². The van der Waals surface area contributed by atoms with Crippen molar-refractivity contribution < 1.29 is 29.0 Å². The third-order valence-electron chi connectivity index (χ3n) is 5.79. The topological polar surface area (TPSA) is 171 Å². The van der Waals surface area contributed by atoms with Crippen LogP contribution in [0.25, 0.3) is 0 Å². The van der Waals surface area contributed by atoms with Crippen LogP contribution in [-0.4, -0.2) is 49.1 Å². The number of amides is 1. The second-order valence-corrected chi connectivity index (χ2v) is 9.79. The van der Waals surface area contributed by atoms with Gasteiger partial charge in [0.05, 0.1) is 17.8 Å². The van der Waals surface area contributed by atoms with Gasteiger partial charge in [0.25, 0.3) is 5.56 Å². The van der Waals surface area contributed by atoms with Gasteiger partial charge in [-0.2, -0.15) is 0 Å². The molecule has 1 fully saturated rings. The van der Waals surface area contributed by atoms with Crippen LogP contribution in [0.3, 0.4) is 0 Å². The summed E-state index contributed by atoms with van der Waals surface area (Å²) in [5.41, 5.74) is 1.15. The van der Waals surface area contributed by atoms with E-state index in [1.807, 2.05) is 0 Å². The zero-order valence-corrected chi connectivity index (χ0v) is 19.5. The number of hydrogen-bond donors (Lipinski definition) is 5. The smallest absolute Gasteiger partial charge is 0.356 e. The molecule has 0 aliphatic carbocycles. The minimum atomic E-state index is -4.39. The van der Waals surface area contributed by atoms with Crippen LogP contribution in [0.15, 0.2) is 27.9 Å². The Kier molecular flexibility index (Phi) is 7.40. The zero-order valence-electron chi connectivity index (χ0n) is 18.6. The standard InChI is InChI=1S/C21H28N3O8P/c1-4-13-10-24(21(28)23-20(13)27)19-8-16(25)17(32-19)9-22-18(26)7-15-11(2)5-14(6-12(15)3)33(29,30)31/h5-6,10,16-17,19,25H,4,7-9H2,1-3H3,(H,22,26)(H,23,27,28)(H2,29,30,31)/t16-,17+,19+/m0/s1. The number of aromatic nitrogens is 2. The van der Waals surface area contributed by atoms with Gasteiger partial charge in [-0.3, -0.25) is 23.7 Å². The van der Waals surface area contributed by atoms with Crippen LogP contribution in [0.5, 0.6) is 0 Å². The maximum atomic E-state index is 12.5. The predicted molar refractivity (Wildman–Crippen MR) is 120 cm³/mol. The van der Waals surface area contributed by atoms with Crippen molar-refractivity contribution in [3.8, 4) is 0 Å². The van der Waals surface area contributed by atoms with Crippen LogP contribution >= 0.6 is 7.60 Å². The van der Waals surface area contributed by atoms with Gasteiger partial charge in [-0.25, -0.2) is 4.79 Å². The van der Waals surface area contributed by atoms with E-state index in [4.69, 9.17) is 4.74 Å². The summed E-state index contributed by atoms with van der Waals surface area (Å²) in [6.45, 7) is 5.14. The molecule has 5 N–H and O–H groups in total. The van der Waals surface area contributed by atoms with E-state index in [1.165, 1.54) is 22.9 Å². The second kappa shape index (κ2) is 9.74. The van der Waals surface area contributed by atoms with Crippen molar-refractivity contribution in [3.05, 3.63) is 61.4 Å². The minimum Gasteiger partial charge on any atom is -0.390 e. The number of carbonyl (C=O) groups excluding carboxylic acids is 1. The highest BCUT2D eigenvalue weighted by Gasteiger charge is 2.35. The molecular formula is C21H28N3O8P. The SMILES string of the molecule is CCc1cn([C@H]2C[C@H](O)[C@@H](CNC(=O)Cc3c(C)cc(P(=O)(O)O)cc3C)O2)c(=O)[nH]c1=O. The first kappa shape index (κ1) is 25.1. The van der Waals surface area contributed by atoms with Crippen LogP contribution in [-0.2, 0) is 26.9 Å². The maximum Gasteiger partial charge on any atom is 0.356 e. The lowest BCUT2D eigenvalue weighted by atomic mass is 9.99. The first-order valence-corrected chi connectivity index (χ1v) is 12.1. The minimum absolute atomic E-state index is 0.00784. The molecule has 2 aromatic rings. The summed E-state index contributed by atoms with van der Waals surface area (Å²) < 4.78 is 18.5. The summed E-state index contributed by atoms with van der Waals surface area (Å²) in [7, 11) is -4.39. The summed E-state index contributed by atoms with van der Waals surface area (Å²) in [4.78, 5) is 57.4. The molecule has 0 bridgehead atoms. The van der Waals surface area contributed by atoms with Crippen molar-refractivity contribution in [2.24, 2.45) is 0 Å². The number of rotatable bonds is 7. The molecule has 1 aromatic carbocycles. The predicted octanol–water partition coefficient (Wildman–Crippen LogP) is -0.474. The van der Waals surface area contributed by atoms with Crippen LogP contribution in [0.4, 0.5) is 0 Å². The molecule has 12 heteroatoms. The number of benzene rings is 1. The average molecular weight is 481 g/mol. The Morgan fingerprint density at radius 3 is 2.48 bits per heavy atom. The number of carbonyl (C=O) groups is 1.